The lowest BCUT2D eigenvalue weighted by atomic mass is 10.4. The molecule has 0 aromatic carbocycles. The molecule has 2 aromatic rings. The predicted octanol–water partition coefficient (Wildman–Crippen LogP) is 3.21. The van der Waals surface area contributed by atoms with Crippen molar-refractivity contribution in [1.29, 1.82) is 0 Å². The van der Waals surface area contributed by atoms with Crippen molar-refractivity contribution in [3.63, 3.8) is 0 Å². The van der Waals surface area contributed by atoms with Crippen LogP contribution in [-0.4, -0.2) is 17.0 Å². The van der Waals surface area contributed by atoms with Crippen molar-refractivity contribution in [2.24, 2.45) is 0 Å². The van der Waals surface area contributed by atoms with Gasteiger partial charge >= 0.3 is 0 Å². The average Bonchev–Trinajstić information content (AvgIpc) is 2.64. The van der Waals surface area contributed by atoms with Crippen molar-refractivity contribution in [3.8, 4) is 10.7 Å². The van der Waals surface area contributed by atoms with Crippen LogP contribution in [0.2, 0.25) is 4.34 Å². The number of anilines is 1. The molecule has 0 fully saturated rings. The Hall–Kier alpha value is -1.13. The van der Waals surface area contributed by atoms with Gasteiger partial charge in [-0.15, -0.1) is 11.3 Å². The Morgan fingerprint density at radius 1 is 1.33 bits per heavy atom. The van der Waals surface area contributed by atoms with E-state index in [9.17, 15) is 0 Å². The van der Waals surface area contributed by atoms with E-state index in [0.29, 0.717) is 0 Å². The number of rotatable bonds is 2. The molecule has 0 aliphatic rings. The standard InChI is InChI=1S/C10H10ClN3S/c1-6-5-9(12-2)14-10(13-6)7-3-4-8(11)15-7/h3-5H,1-2H3,(H,12,13,14). The molecule has 2 aromatic heterocycles. The molecule has 78 valence electrons. The highest BCUT2D eigenvalue weighted by Gasteiger charge is 2.06. The molecule has 3 nitrogen and oxygen atoms in total. The highest BCUT2D eigenvalue weighted by molar-refractivity contribution is 7.19. The Bertz CT molecular complexity index is 481. The first kappa shape index (κ1) is 10.4. The number of hydrogen-bond acceptors (Lipinski definition) is 4. The van der Waals surface area contributed by atoms with Gasteiger partial charge in [-0.25, -0.2) is 9.97 Å². The molecule has 0 aliphatic carbocycles. The van der Waals surface area contributed by atoms with Crippen LogP contribution in [0, 0.1) is 6.92 Å². The van der Waals surface area contributed by atoms with Gasteiger partial charge in [-0.3, -0.25) is 0 Å². The number of aromatic nitrogens is 2. The second-order valence-corrected chi connectivity index (χ2v) is 4.79. The van der Waals surface area contributed by atoms with E-state index in [0.717, 1.165) is 26.5 Å². The maximum absolute atomic E-state index is 5.87. The van der Waals surface area contributed by atoms with Crippen molar-refractivity contribution < 1.29 is 0 Å². The fraction of sp³-hybridized carbons (Fsp3) is 0.200. The third-order valence-electron chi connectivity index (χ3n) is 1.90. The lowest BCUT2D eigenvalue weighted by Crippen LogP contribution is -1.97. The van der Waals surface area contributed by atoms with E-state index in [2.05, 4.69) is 15.3 Å². The normalized spacial score (nSPS) is 10.3. The quantitative estimate of drug-likeness (QED) is 0.875. The molecule has 15 heavy (non-hydrogen) atoms. The summed E-state index contributed by atoms with van der Waals surface area (Å²) in [5.74, 6) is 1.54. The smallest absolute Gasteiger partial charge is 0.171 e. The average molecular weight is 240 g/mol. The molecule has 0 bridgehead atoms. The third-order valence-corrected chi connectivity index (χ3v) is 3.13. The van der Waals surface area contributed by atoms with E-state index in [1.807, 2.05) is 32.2 Å². The van der Waals surface area contributed by atoms with Crippen LogP contribution < -0.4 is 5.32 Å². The maximum atomic E-state index is 5.87. The van der Waals surface area contributed by atoms with Crippen molar-refractivity contribution in [3.05, 3.63) is 28.2 Å². The number of aryl methyl sites for hydroxylation is 1. The second-order valence-electron chi connectivity index (χ2n) is 3.07. The van der Waals surface area contributed by atoms with Crippen LogP contribution in [0.25, 0.3) is 10.7 Å². The zero-order valence-electron chi connectivity index (χ0n) is 8.41. The Morgan fingerprint density at radius 2 is 2.13 bits per heavy atom. The van der Waals surface area contributed by atoms with E-state index in [-0.39, 0.29) is 0 Å². The van der Waals surface area contributed by atoms with E-state index in [4.69, 9.17) is 11.6 Å². The summed E-state index contributed by atoms with van der Waals surface area (Å²) in [5.41, 5.74) is 0.939. The molecule has 0 radical (unpaired) electrons. The molecule has 2 heterocycles. The molecule has 2 rings (SSSR count). The van der Waals surface area contributed by atoms with Crippen molar-refractivity contribution in [2.45, 2.75) is 6.92 Å². The van der Waals surface area contributed by atoms with Gasteiger partial charge in [0.1, 0.15) is 5.82 Å². The molecule has 0 atom stereocenters. The summed E-state index contributed by atoms with van der Waals surface area (Å²) in [7, 11) is 1.84. The van der Waals surface area contributed by atoms with Crippen LogP contribution in [0.1, 0.15) is 5.69 Å². The number of nitrogens with one attached hydrogen (secondary N) is 1. The summed E-state index contributed by atoms with van der Waals surface area (Å²) in [6.45, 7) is 1.95. The fourth-order valence-corrected chi connectivity index (χ4v) is 2.22. The molecule has 0 spiro atoms. The van der Waals surface area contributed by atoms with Gasteiger partial charge in [0.05, 0.1) is 9.21 Å². The Balaban J connectivity index is 2.48. The molecular weight excluding hydrogens is 230 g/mol. The summed E-state index contributed by atoms with van der Waals surface area (Å²) in [6, 6.07) is 5.69. The van der Waals surface area contributed by atoms with Crippen LogP contribution in [0.15, 0.2) is 18.2 Å². The number of halogens is 1. The third kappa shape index (κ3) is 2.27. The van der Waals surface area contributed by atoms with Gasteiger partial charge in [-0.1, -0.05) is 11.6 Å². The first-order chi connectivity index (χ1) is 7.19. The topological polar surface area (TPSA) is 37.8 Å². The first-order valence-electron chi connectivity index (χ1n) is 4.48. The zero-order valence-corrected chi connectivity index (χ0v) is 9.99. The van der Waals surface area contributed by atoms with Crippen LogP contribution in [-0.2, 0) is 0 Å². The van der Waals surface area contributed by atoms with Gasteiger partial charge in [0.25, 0.3) is 0 Å². The Morgan fingerprint density at radius 3 is 2.73 bits per heavy atom. The zero-order chi connectivity index (χ0) is 10.8. The van der Waals surface area contributed by atoms with Gasteiger partial charge in [0, 0.05) is 18.8 Å². The van der Waals surface area contributed by atoms with Crippen LogP contribution in [0.3, 0.4) is 0 Å². The monoisotopic (exact) mass is 239 g/mol. The van der Waals surface area contributed by atoms with Crippen molar-refractivity contribution in [1.82, 2.24) is 9.97 Å². The maximum Gasteiger partial charge on any atom is 0.171 e. The van der Waals surface area contributed by atoms with E-state index >= 15 is 0 Å². The minimum atomic E-state index is 0.719. The second kappa shape index (κ2) is 4.16. The van der Waals surface area contributed by atoms with E-state index in [1.54, 1.807) is 0 Å². The number of nitrogens with zero attached hydrogens (tertiary/aromatic N) is 2. The fourth-order valence-electron chi connectivity index (χ4n) is 1.24. The molecule has 0 saturated heterocycles. The van der Waals surface area contributed by atoms with Crippen LogP contribution in [0.5, 0.6) is 0 Å². The van der Waals surface area contributed by atoms with Gasteiger partial charge in [0.2, 0.25) is 0 Å². The summed E-state index contributed by atoms with van der Waals surface area (Å²) < 4.78 is 0.751. The highest BCUT2D eigenvalue weighted by Crippen LogP contribution is 2.29. The molecule has 0 saturated carbocycles. The molecule has 1 N–H and O–H groups in total. The minimum Gasteiger partial charge on any atom is -0.373 e. The highest BCUT2D eigenvalue weighted by atomic mass is 35.5. The van der Waals surface area contributed by atoms with E-state index in [1.165, 1.54) is 11.3 Å². The van der Waals surface area contributed by atoms with Crippen LogP contribution in [0.4, 0.5) is 5.82 Å². The summed E-state index contributed by atoms with van der Waals surface area (Å²) in [5, 5.41) is 3.01. The molecule has 0 aliphatic heterocycles. The SMILES string of the molecule is CNc1cc(C)nc(-c2ccc(Cl)s2)n1. The van der Waals surface area contributed by atoms with Gasteiger partial charge in [0.15, 0.2) is 5.82 Å². The Labute approximate surface area is 97.2 Å². The molecule has 5 heteroatoms. The number of hydrogen-bond donors (Lipinski definition) is 1. The van der Waals surface area contributed by atoms with Gasteiger partial charge in [-0.2, -0.15) is 0 Å². The lowest BCUT2D eigenvalue weighted by molar-refractivity contribution is 1.11. The first-order valence-corrected chi connectivity index (χ1v) is 5.67. The summed E-state index contributed by atoms with van der Waals surface area (Å²) >= 11 is 7.35. The molecule has 0 unspecified atom stereocenters. The summed E-state index contributed by atoms with van der Waals surface area (Å²) in [6.07, 6.45) is 0. The minimum absolute atomic E-state index is 0.719. The van der Waals surface area contributed by atoms with Crippen molar-refractivity contribution >= 4 is 28.8 Å². The van der Waals surface area contributed by atoms with Crippen LogP contribution >= 0.6 is 22.9 Å². The Kier molecular flexibility index (Phi) is 2.88. The predicted molar refractivity (Wildman–Crippen MR) is 64.6 cm³/mol. The summed E-state index contributed by atoms with van der Waals surface area (Å²) in [4.78, 5) is 9.72. The molecular formula is C10H10ClN3S. The van der Waals surface area contributed by atoms with Gasteiger partial charge in [-0.05, 0) is 19.1 Å². The molecule has 0 amide bonds. The van der Waals surface area contributed by atoms with Gasteiger partial charge < -0.3 is 5.32 Å². The number of thiophene rings is 1. The van der Waals surface area contributed by atoms with Crippen molar-refractivity contribution in [2.75, 3.05) is 12.4 Å². The largest absolute Gasteiger partial charge is 0.373 e. The lowest BCUT2D eigenvalue weighted by Gasteiger charge is -2.03. The van der Waals surface area contributed by atoms with E-state index < -0.39 is 0 Å².